The zero-order valence-corrected chi connectivity index (χ0v) is 7.98. The van der Waals surface area contributed by atoms with E-state index >= 15 is 0 Å². The second-order valence-corrected chi connectivity index (χ2v) is 2.67. The van der Waals surface area contributed by atoms with Crippen LogP contribution in [0.2, 0.25) is 0 Å². The van der Waals surface area contributed by atoms with E-state index in [9.17, 15) is 0 Å². The molecule has 0 aromatic carbocycles. The van der Waals surface area contributed by atoms with Crippen LogP contribution in [0.5, 0.6) is 0 Å². The molecule has 0 radical (unpaired) electrons. The molecule has 0 saturated carbocycles. The second kappa shape index (κ2) is 8.10. The lowest BCUT2D eigenvalue weighted by Gasteiger charge is -1.92. The van der Waals surface area contributed by atoms with Gasteiger partial charge in [-0.05, 0) is 32.9 Å². The zero-order valence-electron chi connectivity index (χ0n) is 7.98. The van der Waals surface area contributed by atoms with Gasteiger partial charge in [-0.3, -0.25) is 0 Å². The molecular formula is C11H17N. The minimum Gasteiger partial charge on any atom is -0.309 e. The summed E-state index contributed by atoms with van der Waals surface area (Å²) < 4.78 is 0. The first kappa shape index (κ1) is 11.0. The van der Waals surface area contributed by atoms with Crippen LogP contribution in [-0.4, -0.2) is 13.6 Å². The van der Waals surface area contributed by atoms with E-state index in [0.29, 0.717) is 0 Å². The van der Waals surface area contributed by atoms with Crippen LogP contribution in [0.4, 0.5) is 0 Å². The molecule has 1 heteroatoms. The van der Waals surface area contributed by atoms with Crippen molar-refractivity contribution in [3.8, 4) is 11.8 Å². The van der Waals surface area contributed by atoms with Crippen molar-refractivity contribution in [1.82, 2.24) is 5.32 Å². The quantitative estimate of drug-likeness (QED) is 0.494. The maximum Gasteiger partial charge on any atom is 0.0577 e. The molecule has 0 unspecified atom stereocenters. The average molecular weight is 163 g/mol. The van der Waals surface area contributed by atoms with E-state index in [4.69, 9.17) is 0 Å². The highest BCUT2D eigenvalue weighted by Crippen LogP contribution is 2.02. The Morgan fingerprint density at radius 2 is 2.33 bits per heavy atom. The molecule has 0 spiro atoms. The van der Waals surface area contributed by atoms with Crippen LogP contribution in [0.3, 0.4) is 0 Å². The minimum absolute atomic E-state index is 0.755. The number of hydrogen-bond acceptors (Lipinski definition) is 1. The SMILES string of the molecule is C=CCC/C(C)=C/C#CCNC. The van der Waals surface area contributed by atoms with Crippen LogP contribution in [-0.2, 0) is 0 Å². The van der Waals surface area contributed by atoms with Crippen molar-refractivity contribution in [3.63, 3.8) is 0 Å². The lowest BCUT2D eigenvalue weighted by Crippen LogP contribution is -2.04. The molecule has 66 valence electrons. The first-order chi connectivity index (χ1) is 5.81. The summed E-state index contributed by atoms with van der Waals surface area (Å²) in [6, 6.07) is 0. The first-order valence-electron chi connectivity index (χ1n) is 4.20. The first-order valence-corrected chi connectivity index (χ1v) is 4.20. The van der Waals surface area contributed by atoms with Gasteiger partial charge in [0, 0.05) is 0 Å². The Morgan fingerprint density at radius 3 is 2.92 bits per heavy atom. The van der Waals surface area contributed by atoms with Gasteiger partial charge < -0.3 is 5.32 Å². The molecule has 0 aliphatic rings. The standard InChI is InChI=1S/C11H17N/c1-4-5-8-11(2)9-6-7-10-12-3/h4,9,12H,1,5,8,10H2,2-3H3/b11-9+. The molecule has 0 bridgehead atoms. The Hall–Kier alpha value is -1.00. The van der Waals surface area contributed by atoms with Crippen LogP contribution in [0.25, 0.3) is 0 Å². The van der Waals surface area contributed by atoms with Crippen molar-refractivity contribution in [1.29, 1.82) is 0 Å². The summed E-state index contributed by atoms with van der Waals surface area (Å²) in [4.78, 5) is 0. The van der Waals surface area contributed by atoms with Crippen molar-refractivity contribution in [2.45, 2.75) is 19.8 Å². The molecule has 0 aromatic heterocycles. The number of allylic oxidation sites excluding steroid dienone is 3. The molecule has 0 fully saturated rings. The van der Waals surface area contributed by atoms with Gasteiger partial charge in [0.05, 0.1) is 6.54 Å². The summed E-state index contributed by atoms with van der Waals surface area (Å²) in [5.41, 5.74) is 1.32. The molecule has 0 rings (SSSR count). The fourth-order valence-corrected chi connectivity index (χ4v) is 0.716. The van der Waals surface area contributed by atoms with Gasteiger partial charge in [-0.15, -0.1) is 6.58 Å². The summed E-state index contributed by atoms with van der Waals surface area (Å²) in [6.07, 6.45) is 6.01. The molecule has 1 N–H and O–H groups in total. The van der Waals surface area contributed by atoms with Crippen LogP contribution in [0.15, 0.2) is 24.3 Å². The monoisotopic (exact) mass is 163 g/mol. The summed E-state index contributed by atoms with van der Waals surface area (Å²) in [6.45, 7) is 6.52. The highest BCUT2D eigenvalue weighted by Gasteiger charge is 1.83. The topological polar surface area (TPSA) is 12.0 Å². The predicted molar refractivity (Wildman–Crippen MR) is 54.9 cm³/mol. The van der Waals surface area contributed by atoms with Crippen molar-refractivity contribution < 1.29 is 0 Å². The molecule has 0 atom stereocenters. The number of rotatable bonds is 4. The molecular weight excluding hydrogens is 146 g/mol. The van der Waals surface area contributed by atoms with Gasteiger partial charge in [0.1, 0.15) is 0 Å². The zero-order chi connectivity index (χ0) is 9.23. The van der Waals surface area contributed by atoms with Gasteiger partial charge in [0.15, 0.2) is 0 Å². The predicted octanol–water partition coefficient (Wildman–Crippen LogP) is 2.12. The molecule has 0 aliphatic heterocycles. The van der Waals surface area contributed by atoms with E-state index in [2.05, 4.69) is 30.7 Å². The van der Waals surface area contributed by atoms with Crippen LogP contribution in [0.1, 0.15) is 19.8 Å². The number of hydrogen-bond donors (Lipinski definition) is 1. The fraction of sp³-hybridized carbons (Fsp3) is 0.455. The third kappa shape index (κ3) is 7.11. The summed E-state index contributed by atoms with van der Waals surface area (Å²) in [5, 5.41) is 2.97. The Morgan fingerprint density at radius 1 is 1.58 bits per heavy atom. The van der Waals surface area contributed by atoms with E-state index in [1.165, 1.54) is 5.57 Å². The molecule has 0 heterocycles. The van der Waals surface area contributed by atoms with E-state index in [1.54, 1.807) is 0 Å². The van der Waals surface area contributed by atoms with Crippen molar-refractivity contribution >= 4 is 0 Å². The smallest absolute Gasteiger partial charge is 0.0577 e. The third-order valence-electron chi connectivity index (χ3n) is 1.43. The molecule has 0 aliphatic carbocycles. The largest absolute Gasteiger partial charge is 0.309 e. The van der Waals surface area contributed by atoms with Crippen LogP contribution < -0.4 is 5.32 Å². The highest BCUT2D eigenvalue weighted by molar-refractivity contribution is 5.20. The Bertz CT molecular complexity index is 203. The molecule has 0 amide bonds. The van der Waals surface area contributed by atoms with Crippen LogP contribution >= 0.6 is 0 Å². The summed E-state index contributed by atoms with van der Waals surface area (Å²) in [5.74, 6) is 5.97. The average Bonchev–Trinajstić information content (AvgIpc) is 2.09. The van der Waals surface area contributed by atoms with Crippen molar-refractivity contribution in [2.75, 3.05) is 13.6 Å². The van der Waals surface area contributed by atoms with Gasteiger partial charge in [0.25, 0.3) is 0 Å². The van der Waals surface area contributed by atoms with Gasteiger partial charge in [-0.25, -0.2) is 0 Å². The highest BCUT2D eigenvalue weighted by atomic mass is 14.8. The molecule has 1 nitrogen and oxygen atoms in total. The van der Waals surface area contributed by atoms with Gasteiger partial charge in [-0.1, -0.05) is 23.5 Å². The summed E-state index contributed by atoms with van der Waals surface area (Å²) >= 11 is 0. The second-order valence-electron chi connectivity index (χ2n) is 2.67. The maximum absolute atomic E-state index is 3.67. The Labute approximate surface area is 75.6 Å². The van der Waals surface area contributed by atoms with E-state index in [-0.39, 0.29) is 0 Å². The van der Waals surface area contributed by atoms with Crippen molar-refractivity contribution in [2.24, 2.45) is 0 Å². The van der Waals surface area contributed by atoms with E-state index in [0.717, 1.165) is 19.4 Å². The molecule has 12 heavy (non-hydrogen) atoms. The van der Waals surface area contributed by atoms with E-state index < -0.39 is 0 Å². The molecule has 0 aromatic rings. The normalized spacial score (nSPS) is 10.3. The lowest BCUT2D eigenvalue weighted by molar-refractivity contribution is 0.938. The third-order valence-corrected chi connectivity index (χ3v) is 1.43. The van der Waals surface area contributed by atoms with Gasteiger partial charge >= 0.3 is 0 Å². The summed E-state index contributed by atoms with van der Waals surface area (Å²) in [7, 11) is 1.89. The lowest BCUT2D eigenvalue weighted by atomic mass is 10.1. The van der Waals surface area contributed by atoms with Gasteiger partial charge in [0.2, 0.25) is 0 Å². The van der Waals surface area contributed by atoms with Crippen molar-refractivity contribution in [3.05, 3.63) is 24.3 Å². The molecule has 0 saturated heterocycles. The minimum atomic E-state index is 0.755. The van der Waals surface area contributed by atoms with Gasteiger partial charge in [-0.2, -0.15) is 0 Å². The maximum atomic E-state index is 3.67. The fourth-order valence-electron chi connectivity index (χ4n) is 0.716. The van der Waals surface area contributed by atoms with E-state index in [1.807, 2.05) is 19.2 Å². The Balaban J connectivity index is 3.69. The van der Waals surface area contributed by atoms with Crippen LogP contribution in [0, 0.1) is 11.8 Å². The Kier molecular flexibility index (Phi) is 7.42. The number of nitrogens with one attached hydrogen (secondary N) is 1.